The highest BCUT2D eigenvalue weighted by Gasteiger charge is 2.20. The summed E-state index contributed by atoms with van der Waals surface area (Å²) >= 11 is 7.08. The number of benzene rings is 3. The van der Waals surface area contributed by atoms with Crippen molar-refractivity contribution in [1.29, 1.82) is 0 Å². The van der Waals surface area contributed by atoms with Crippen LogP contribution in [0.25, 0.3) is 16.6 Å². The Bertz CT molecular complexity index is 1570. The second kappa shape index (κ2) is 10.9. The number of hydrogen-bond donors (Lipinski definition) is 1. The predicted octanol–water partition coefficient (Wildman–Crippen LogP) is 5.83. The highest BCUT2D eigenvalue weighted by molar-refractivity contribution is 7.99. The molecule has 1 fully saturated rings. The highest BCUT2D eigenvalue weighted by Crippen LogP contribution is 2.24. The van der Waals surface area contributed by atoms with E-state index in [9.17, 15) is 18.8 Å². The number of aromatic nitrogens is 2. The Morgan fingerprint density at radius 3 is 2.57 bits per heavy atom. The summed E-state index contributed by atoms with van der Waals surface area (Å²) in [6.45, 7) is 0. The monoisotopic (exact) mass is 535 g/mol. The maximum absolute atomic E-state index is 14.1. The summed E-state index contributed by atoms with van der Waals surface area (Å²) in [4.78, 5) is 43.8. The molecule has 3 aromatic carbocycles. The number of ketones is 1. The molecule has 9 heteroatoms. The number of thioether (sulfide) groups is 1. The van der Waals surface area contributed by atoms with Crippen molar-refractivity contribution in [3.05, 3.63) is 99.1 Å². The van der Waals surface area contributed by atoms with Crippen molar-refractivity contribution in [3.63, 3.8) is 0 Å². The Kier molecular flexibility index (Phi) is 7.39. The van der Waals surface area contributed by atoms with E-state index in [4.69, 9.17) is 11.6 Å². The fourth-order valence-electron chi connectivity index (χ4n) is 4.46. The van der Waals surface area contributed by atoms with Gasteiger partial charge in [-0.15, -0.1) is 0 Å². The molecule has 188 valence electrons. The number of nitrogens with zero attached hydrogens (tertiary/aromatic N) is 2. The molecular formula is C28H23ClFN3O3S. The molecule has 37 heavy (non-hydrogen) atoms. The Morgan fingerprint density at radius 1 is 1.03 bits per heavy atom. The number of halogens is 2. The fraction of sp³-hybridized carbons (Fsp3) is 0.214. The topological polar surface area (TPSA) is 81.1 Å². The van der Waals surface area contributed by atoms with Crippen LogP contribution in [0.1, 0.15) is 46.4 Å². The standard InChI is InChI=1S/C28H23ClFN3O3S/c29-19-6-3-5-17(13-19)25(34)16-37-28-32-24-14-18(26(35)31-21-8-1-2-9-21)11-12-23(24)27(36)33(28)22-10-4-7-20(30)15-22/h3-7,10-15,21H,1-2,8-9,16H2,(H,31,35). The molecule has 1 aliphatic carbocycles. The highest BCUT2D eigenvalue weighted by atomic mass is 35.5. The third-order valence-electron chi connectivity index (χ3n) is 6.34. The van der Waals surface area contributed by atoms with Crippen molar-refractivity contribution in [1.82, 2.24) is 14.9 Å². The lowest BCUT2D eigenvalue weighted by Crippen LogP contribution is -2.32. The van der Waals surface area contributed by atoms with Crippen LogP contribution >= 0.6 is 23.4 Å². The van der Waals surface area contributed by atoms with E-state index < -0.39 is 11.4 Å². The molecule has 1 amide bonds. The van der Waals surface area contributed by atoms with Crippen LogP contribution in [0.15, 0.2) is 76.7 Å². The number of carbonyl (C=O) groups excluding carboxylic acids is 2. The Morgan fingerprint density at radius 2 is 1.81 bits per heavy atom. The zero-order chi connectivity index (χ0) is 25.9. The minimum Gasteiger partial charge on any atom is -0.349 e. The van der Waals surface area contributed by atoms with Gasteiger partial charge in [0.25, 0.3) is 11.5 Å². The van der Waals surface area contributed by atoms with E-state index in [1.165, 1.54) is 22.8 Å². The first kappa shape index (κ1) is 25.2. The largest absolute Gasteiger partial charge is 0.349 e. The molecule has 0 radical (unpaired) electrons. The van der Waals surface area contributed by atoms with Crippen molar-refractivity contribution >= 4 is 46.0 Å². The lowest BCUT2D eigenvalue weighted by molar-refractivity contribution is 0.0937. The van der Waals surface area contributed by atoms with Gasteiger partial charge in [-0.05, 0) is 61.4 Å². The van der Waals surface area contributed by atoms with Crippen LogP contribution in [0.3, 0.4) is 0 Å². The third kappa shape index (κ3) is 5.60. The fourth-order valence-corrected chi connectivity index (χ4v) is 5.56. The molecule has 1 heterocycles. The summed E-state index contributed by atoms with van der Waals surface area (Å²) < 4.78 is 15.3. The van der Waals surface area contributed by atoms with Gasteiger partial charge in [0, 0.05) is 22.2 Å². The van der Waals surface area contributed by atoms with Crippen LogP contribution < -0.4 is 10.9 Å². The molecule has 5 rings (SSSR count). The van der Waals surface area contributed by atoms with E-state index >= 15 is 0 Å². The number of hydrogen-bond acceptors (Lipinski definition) is 5. The Labute approximate surface area is 221 Å². The first-order valence-corrected chi connectivity index (χ1v) is 13.3. The maximum atomic E-state index is 14.1. The van der Waals surface area contributed by atoms with Gasteiger partial charge < -0.3 is 5.32 Å². The number of fused-ring (bicyclic) bond motifs is 1. The smallest absolute Gasteiger partial charge is 0.266 e. The Hall–Kier alpha value is -3.49. The minimum atomic E-state index is -0.505. The van der Waals surface area contributed by atoms with Gasteiger partial charge in [0.1, 0.15) is 5.82 Å². The van der Waals surface area contributed by atoms with E-state index in [0.717, 1.165) is 37.4 Å². The zero-order valence-electron chi connectivity index (χ0n) is 19.7. The van der Waals surface area contributed by atoms with Crippen LogP contribution in [-0.2, 0) is 0 Å². The molecule has 0 bridgehead atoms. The van der Waals surface area contributed by atoms with E-state index in [0.29, 0.717) is 27.4 Å². The van der Waals surface area contributed by atoms with Crippen molar-refractivity contribution in [2.75, 3.05) is 5.75 Å². The van der Waals surface area contributed by atoms with E-state index in [-0.39, 0.29) is 34.0 Å². The number of rotatable bonds is 7. The van der Waals surface area contributed by atoms with E-state index in [1.54, 1.807) is 48.5 Å². The Balaban J connectivity index is 1.53. The van der Waals surface area contributed by atoms with Crippen LogP contribution in [0, 0.1) is 5.82 Å². The second-order valence-electron chi connectivity index (χ2n) is 8.92. The van der Waals surface area contributed by atoms with Gasteiger partial charge in [-0.25, -0.2) is 9.37 Å². The number of nitrogens with one attached hydrogen (secondary N) is 1. The molecular weight excluding hydrogens is 513 g/mol. The average Bonchev–Trinajstić information content (AvgIpc) is 3.40. The summed E-state index contributed by atoms with van der Waals surface area (Å²) in [6.07, 6.45) is 4.10. The van der Waals surface area contributed by atoms with Crippen molar-refractivity contribution in [2.45, 2.75) is 36.9 Å². The van der Waals surface area contributed by atoms with Crippen LogP contribution in [0.2, 0.25) is 5.02 Å². The predicted molar refractivity (Wildman–Crippen MR) is 144 cm³/mol. The molecule has 0 unspecified atom stereocenters. The van der Waals surface area contributed by atoms with Crippen LogP contribution in [0.5, 0.6) is 0 Å². The molecule has 0 spiro atoms. The quantitative estimate of drug-likeness (QED) is 0.183. The van der Waals surface area contributed by atoms with E-state index in [2.05, 4.69) is 10.3 Å². The summed E-state index contributed by atoms with van der Waals surface area (Å²) in [5.74, 6) is -0.933. The first-order valence-electron chi connectivity index (χ1n) is 11.9. The van der Waals surface area contributed by atoms with Gasteiger partial charge in [-0.3, -0.25) is 19.0 Å². The van der Waals surface area contributed by atoms with E-state index in [1.807, 2.05) is 0 Å². The van der Waals surface area contributed by atoms with Crippen molar-refractivity contribution in [2.24, 2.45) is 0 Å². The first-order chi connectivity index (χ1) is 17.9. The molecule has 1 aliphatic rings. The minimum absolute atomic E-state index is 0.0184. The van der Waals surface area contributed by atoms with Gasteiger partial charge in [-0.1, -0.05) is 54.4 Å². The van der Waals surface area contributed by atoms with Crippen LogP contribution in [-0.4, -0.2) is 33.0 Å². The van der Waals surface area contributed by atoms with Gasteiger partial charge in [0.2, 0.25) is 0 Å². The lowest BCUT2D eigenvalue weighted by atomic mass is 10.1. The molecule has 0 atom stereocenters. The SMILES string of the molecule is O=C(CSc1nc2cc(C(=O)NC3CCCC3)ccc2c(=O)n1-c1cccc(F)c1)c1cccc(Cl)c1. The molecule has 0 aliphatic heterocycles. The van der Waals surface area contributed by atoms with Crippen molar-refractivity contribution < 1.29 is 14.0 Å². The van der Waals surface area contributed by atoms with Gasteiger partial charge in [0.05, 0.1) is 22.3 Å². The van der Waals surface area contributed by atoms with Gasteiger partial charge in [-0.2, -0.15) is 0 Å². The summed E-state index contributed by atoms with van der Waals surface area (Å²) in [6, 6.07) is 17.1. The summed E-state index contributed by atoms with van der Waals surface area (Å²) in [5, 5.41) is 3.99. The third-order valence-corrected chi connectivity index (χ3v) is 7.51. The summed E-state index contributed by atoms with van der Waals surface area (Å²) in [5.41, 5.74) is 1.04. The molecule has 1 aromatic heterocycles. The normalized spacial score (nSPS) is 13.7. The second-order valence-corrected chi connectivity index (χ2v) is 10.3. The number of carbonyl (C=O) groups is 2. The van der Waals surface area contributed by atoms with Crippen LogP contribution in [0.4, 0.5) is 4.39 Å². The average molecular weight is 536 g/mol. The summed E-state index contributed by atoms with van der Waals surface area (Å²) in [7, 11) is 0. The number of Topliss-reactive ketones (excluding diaryl/α,β-unsaturated/α-hetero) is 1. The maximum Gasteiger partial charge on any atom is 0.266 e. The van der Waals surface area contributed by atoms with Gasteiger partial charge in [0.15, 0.2) is 10.9 Å². The van der Waals surface area contributed by atoms with Gasteiger partial charge >= 0.3 is 0 Å². The molecule has 1 saturated carbocycles. The molecule has 6 nitrogen and oxygen atoms in total. The molecule has 1 N–H and O–H groups in total. The lowest BCUT2D eigenvalue weighted by Gasteiger charge is -2.15. The molecule has 0 saturated heterocycles. The zero-order valence-corrected chi connectivity index (χ0v) is 21.3. The number of amides is 1. The van der Waals surface area contributed by atoms with Crippen molar-refractivity contribution in [3.8, 4) is 5.69 Å². The molecule has 4 aromatic rings.